The van der Waals surface area contributed by atoms with Crippen LogP contribution < -0.4 is 3.58 Å². The number of unbranched alkanes of at least 4 members (excludes halogenated alkanes) is 3. The summed E-state index contributed by atoms with van der Waals surface area (Å²) < 4.78 is 27.7. The standard InChI is InChI=1S/C19H21ClFN2OSi.3C4H9.Sn/c1-13(25(2,3)4)24-12-23-11-16(14-5-7-15(21)8-6-14)18-17(20)9-10-22-19(18)23;3*1-3-4-2;/h5-8,10-11,13H,12H2,1-4H3;3*1,3-4H2,2H3;. The molecule has 0 spiro atoms. The summed E-state index contributed by atoms with van der Waals surface area (Å²) in [5.74, 6) is -0.233. The number of halogens is 2. The quantitative estimate of drug-likeness (QED) is 0.151. The minimum atomic E-state index is -2.84. The van der Waals surface area contributed by atoms with Crippen LogP contribution in [0.25, 0.3) is 22.2 Å². The SMILES string of the molecule is CCC[CH2][Sn]([CH2]CCC)([CH2]CCC)[c]1cnc2c(c(-c3ccc(F)cc3)cn2COC(C)[Si](C)(C)C)c1Cl. The second-order valence-corrected chi connectivity index (χ2v) is 31.1. The van der Waals surface area contributed by atoms with E-state index in [9.17, 15) is 4.39 Å². The Labute approximate surface area is 240 Å². The van der Waals surface area contributed by atoms with Gasteiger partial charge in [-0.1, -0.05) is 0 Å². The van der Waals surface area contributed by atoms with E-state index < -0.39 is 26.5 Å². The van der Waals surface area contributed by atoms with E-state index in [0.29, 0.717) is 6.73 Å². The summed E-state index contributed by atoms with van der Waals surface area (Å²) in [6.45, 7) is 16.5. The number of ether oxygens (including phenoxy) is 1. The van der Waals surface area contributed by atoms with Gasteiger partial charge in [0.15, 0.2) is 0 Å². The molecule has 1 aromatic carbocycles. The second kappa shape index (κ2) is 14.1. The summed E-state index contributed by atoms with van der Waals surface area (Å²) in [5.41, 5.74) is 3.06. The van der Waals surface area contributed by atoms with Gasteiger partial charge in [-0.3, -0.25) is 0 Å². The van der Waals surface area contributed by atoms with Gasteiger partial charge in [-0.15, -0.1) is 0 Å². The molecule has 3 nitrogen and oxygen atoms in total. The third-order valence-corrected chi connectivity index (χ3v) is 27.3. The molecule has 0 saturated carbocycles. The number of benzene rings is 1. The zero-order valence-corrected chi connectivity index (χ0v) is 29.3. The van der Waals surface area contributed by atoms with Crippen LogP contribution in [0, 0.1) is 5.82 Å². The summed E-state index contributed by atoms with van der Waals surface area (Å²) in [6.07, 6.45) is 11.7. The normalized spacial score (nSPS) is 13.4. The van der Waals surface area contributed by atoms with Crippen LogP contribution in [-0.4, -0.2) is 41.7 Å². The molecule has 0 aliphatic heterocycles. The molecule has 0 bridgehead atoms. The van der Waals surface area contributed by atoms with Crippen molar-refractivity contribution >= 4 is 52.7 Å². The van der Waals surface area contributed by atoms with E-state index in [0.717, 1.165) is 27.2 Å². The average molecular weight is 666 g/mol. The van der Waals surface area contributed by atoms with Gasteiger partial charge < -0.3 is 0 Å². The average Bonchev–Trinajstić information content (AvgIpc) is 3.26. The molecular formula is C31H48ClFN2OSiSn. The van der Waals surface area contributed by atoms with Crippen LogP contribution in [0.2, 0.25) is 38.0 Å². The van der Waals surface area contributed by atoms with Crippen molar-refractivity contribution in [1.82, 2.24) is 9.55 Å². The summed E-state index contributed by atoms with van der Waals surface area (Å²) in [4.78, 5) is 5.12. The Morgan fingerprint density at radius 1 is 0.974 bits per heavy atom. The van der Waals surface area contributed by atoms with E-state index >= 15 is 0 Å². The Morgan fingerprint density at radius 2 is 1.53 bits per heavy atom. The zero-order chi connectivity index (χ0) is 27.9. The van der Waals surface area contributed by atoms with Gasteiger partial charge in [0, 0.05) is 0 Å². The molecule has 0 radical (unpaired) electrons. The molecular weight excluding hydrogens is 618 g/mol. The first-order chi connectivity index (χ1) is 18.1. The van der Waals surface area contributed by atoms with Crippen molar-refractivity contribution in [3.63, 3.8) is 0 Å². The number of rotatable bonds is 15. The van der Waals surface area contributed by atoms with Crippen LogP contribution in [0.1, 0.15) is 66.2 Å². The fourth-order valence-electron chi connectivity index (χ4n) is 5.30. The Hall–Kier alpha value is -0.894. The first kappa shape index (κ1) is 31.6. The molecule has 0 fully saturated rings. The number of fused-ring (bicyclic) bond motifs is 1. The van der Waals surface area contributed by atoms with Crippen LogP contribution in [0.3, 0.4) is 0 Å². The molecule has 7 heteroatoms. The maximum atomic E-state index is 13.8. The van der Waals surface area contributed by atoms with E-state index in [1.54, 1.807) is 0 Å². The van der Waals surface area contributed by atoms with Gasteiger partial charge in [0.1, 0.15) is 0 Å². The second-order valence-electron chi connectivity index (χ2n) is 12.1. The van der Waals surface area contributed by atoms with E-state index in [-0.39, 0.29) is 11.5 Å². The molecule has 2 heterocycles. The Morgan fingerprint density at radius 3 is 2.03 bits per heavy atom. The van der Waals surface area contributed by atoms with Gasteiger partial charge >= 0.3 is 242 Å². The summed E-state index contributed by atoms with van der Waals surface area (Å²) in [6, 6.07) is 6.76. The first-order valence-electron chi connectivity index (χ1n) is 14.6. The molecule has 3 rings (SSSR count). The summed E-state index contributed by atoms with van der Waals surface area (Å²) in [7, 11) is -1.44. The van der Waals surface area contributed by atoms with Crippen molar-refractivity contribution in [2.75, 3.05) is 0 Å². The molecule has 0 N–H and O–H groups in total. The molecule has 2 aromatic heterocycles. The van der Waals surface area contributed by atoms with Gasteiger partial charge in [0.2, 0.25) is 0 Å². The third-order valence-electron chi connectivity index (χ3n) is 8.26. The predicted molar refractivity (Wildman–Crippen MR) is 169 cm³/mol. The monoisotopic (exact) mass is 666 g/mol. The zero-order valence-electron chi connectivity index (χ0n) is 24.7. The van der Waals surface area contributed by atoms with Crippen molar-refractivity contribution in [1.29, 1.82) is 0 Å². The van der Waals surface area contributed by atoms with Gasteiger partial charge in [0.05, 0.1) is 0 Å². The van der Waals surface area contributed by atoms with E-state index in [4.69, 9.17) is 21.3 Å². The molecule has 38 heavy (non-hydrogen) atoms. The van der Waals surface area contributed by atoms with Crippen molar-refractivity contribution < 1.29 is 9.13 Å². The van der Waals surface area contributed by atoms with Crippen LogP contribution in [-0.2, 0) is 11.5 Å². The molecule has 1 atom stereocenters. The van der Waals surface area contributed by atoms with Gasteiger partial charge in [-0.05, 0) is 0 Å². The molecule has 0 aliphatic rings. The molecule has 1 unspecified atom stereocenters. The van der Waals surface area contributed by atoms with Crippen LogP contribution >= 0.6 is 11.6 Å². The van der Waals surface area contributed by atoms with Crippen LogP contribution in [0.15, 0.2) is 36.7 Å². The number of hydrogen-bond donors (Lipinski definition) is 0. The first-order valence-corrected chi connectivity index (χ1v) is 26.1. The van der Waals surface area contributed by atoms with E-state index in [1.807, 2.05) is 12.1 Å². The van der Waals surface area contributed by atoms with Crippen molar-refractivity contribution in [3.05, 3.63) is 47.5 Å². The molecule has 0 aliphatic carbocycles. The van der Waals surface area contributed by atoms with E-state index in [2.05, 4.69) is 64.3 Å². The van der Waals surface area contributed by atoms with Crippen molar-refractivity contribution in [2.24, 2.45) is 0 Å². The van der Waals surface area contributed by atoms with Gasteiger partial charge in [-0.2, -0.15) is 0 Å². The third kappa shape index (κ3) is 7.44. The molecule has 0 saturated heterocycles. The number of aromatic nitrogens is 2. The number of hydrogen-bond acceptors (Lipinski definition) is 2. The van der Waals surface area contributed by atoms with E-state index in [1.165, 1.54) is 67.5 Å². The van der Waals surface area contributed by atoms with Crippen molar-refractivity contribution in [2.45, 2.75) is 112 Å². The topological polar surface area (TPSA) is 27.1 Å². The Kier molecular flexibility index (Phi) is 11.8. The maximum absolute atomic E-state index is 13.8. The number of nitrogens with zero attached hydrogens (tertiary/aromatic N) is 2. The summed E-state index contributed by atoms with van der Waals surface area (Å²) >= 11 is 4.65. The summed E-state index contributed by atoms with van der Waals surface area (Å²) in [5, 5.41) is 1.90. The fraction of sp³-hybridized carbons (Fsp3) is 0.581. The fourth-order valence-corrected chi connectivity index (χ4v) is 23.4. The molecule has 3 aromatic rings. The van der Waals surface area contributed by atoms with Crippen LogP contribution in [0.4, 0.5) is 4.39 Å². The predicted octanol–water partition coefficient (Wildman–Crippen LogP) is 9.79. The van der Waals surface area contributed by atoms with Gasteiger partial charge in [-0.25, -0.2) is 0 Å². The van der Waals surface area contributed by atoms with Gasteiger partial charge in [0.25, 0.3) is 0 Å². The number of pyridine rings is 1. The molecule has 0 amide bonds. The van der Waals surface area contributed by atoms with Crippen molar-refractivity contribution in [3.8, 4) is 11.1 Å². The Balaban J connectivity index is 2.21. The minimum absolute atomic E-state index is 0.213. The van der Waals surface area contributed by atoms with Crippen LogP contribution in [0.5, 0.6) is 0 Å². The molecule has 210 valence electrons. The Bertz CT molecular complexity index is 1150.